The summed E-state index contributed by atoms with van der Waals surface area (Å²) in [5.41, 5.74) is 5.09. The van der Waals surface area contributed by atoms with Gasteiger partial charge < -0.3 is 5.73 Å². The third-order valence-electron chi connectivity index (χ3n) is 2.40. The van der Waals surface area contributed by atoms with Gasteiger partial charge in [0.05, 0.1) is 5.69 Å². The fourth-order valence-electron chi connectivity index (χ4n) is 1.48. The Bertz CT molecular complexity index is 700. The third-order valence-corrected chi connectivity index (χ3v) is 3.84. The molecule has 7 heteroatoms. The minimum Gasteiger partial charge on any atom is -0.395 e. The van der Waals surface area contributed by atoms with Gasteiger partial charge in [-0.25, -0.2) is 17.2 Å². The molecule has 0 fully saturated rings. The predicted octanol–water partition coefficient (Wildman–Crippen LogP) is 2.35. The van der Waals surface area contributed by atoms with E-state index in [9.17, 15) is 17.2 Å². The van der Waals surface area contributed by atoms with Gasteiger partial charge in [-0.2, -0.15) is 0 Å². The van der Waals surface area contributed by atoms with Crippen molar-refractivity contribution in [2.24, 2.45) is 0 Å². The highest BCUT2D eigenvalue weighted by Crippen LogP contribution is 2.23. The Morgan fingerprint density at radius 2 is 1.63 bits per heavy atom. The highest BCUT2D eigenvalue weighted by Gasteiger charge is 2.19. The van der Waals surface area contributed by atoms with Crippen LogP contribution in [0.1, 0.15) is 0 Å². The van der Waals surface area contributed by atoms with Crippen molar-refractivity contribution in [2.75, 3.05) is 10.5 Å². The van der Waals surface area contributed by atoms with Crippen molar-refractivity contribution in [3.8, 4) is 0 Å². The molecule has 0 radical (unpaired) electrons. The Kier molecular flexibility index (Phi) is 3.39. The van der Waals surface area contributed by atoms with Crippen LogP contribution < -0.4 is 10.5 Å². The number of sulfonamides is 1. The molecule has 2 aromatic carbocycles. The number of nitrogen functional groups attached to an aromatic ring is 1. The van der Waals surface area contributed by atoms with Crippen molar-refractivity contribution < 1.29 is 17.2 Å². The van der Waals surface area contributed by atoms with E-state index < -0.39 is 27.3 Å². The average molecular weight is 284 g/mol. The molecule has 0 bridgehead atoms. The second-order valence-corrected chi connectivity index (χ2v) is 5.41. The van der Waals surface area contributed by atoms with Crippen molar-refractivity contribution in [3.63, 3.8) is 0 Å². The molecular weight excluding hydrogens is 274 g/mol. The summed E-state index contributed by atoms with van der Waals surface area (Å²) in [6, 6.07) is 8.20. The lowest BCUT2D eigenvalue weighted by molar-refractivity contribution is 0.597. The van der Waals surface area contributed by atoms with Gasteiger partial charge in [0.15, 0.2) is 0 Å². The van der Waals surface area contributed by atoms with E-state index >= 15 is 0 Å². The highest BCUT2D eigenvalue weighted by molar-refractivity contribution is 7.92. The lowest BCUT2D eigenvalue weighted by Gasteiger charge is -2.10. The number of hydrogen-bond donors (Lipinski definition) is 2. The first-order chi connectivity index (χ1) is 8.90. The summed E-state index contributed by atoms with van der Waals surface area (Å²) < 4.78 is 52.2. The number of anilines is 2. The van der Waals surface area contributed by atoms with Crippen molar-refractivity contribution >= 4 is 21.4 Å². The summed E-state index contributed by atoms with van der Waals surface area (Å²) in [4.78, 5) is -0.364. The summed E-state index contributed by atoms with van der Waals surface area (Å²) in [7, 11) is -4.02. The molecule has 0 aromatic heterocycles. The number of benzene rings is 2. The summed E-state index contributed by atoms with van der Waals surface area (Å²) in [6.07, 6.45) is 0. The second-order valence-electron chi connectivity index (χ2n) is 3.76. The lowest BCUT2D eigenvalue weighted by atomic mass is 10.3. The van der Waals surface area contributed by atoms with Gasteiger partial charge in [0.2, 0.25) is 0 Å². The Morgan fingerprint density at radius 1 is 1.00 bits per heavy atom. The highest BCUT2D eigenvalue weighted by atomic mass is 32.2. The van der Waals surface area contributed by atoms with Crippen LogP contribution in [0, 0.1) is 11.6 Å². The largest absolute Gasteiger partial charge is 0.395 e. The van der Waals surface area contributed by atoms with E-state index in [4.69, 9.17) is 5.73 Å². The van der Waals surface area contributed by atoms with Crippen LogP contribution in [0.15, 0.2) is 47.4 Å². The number of hydrogen-bond acceptors (Lipinski definition) is 3. The van der Waals surface area contributed by atoms with E-state index in [1.54, 1.807) is 0 Å². The van der Waals surface area contributed by atoms with Crippen molar-refractivity contribution in [1.29, 1.82) is 0 Å². The maximum Gasteiger partial charge on any atom is 0.264 e. The van der Waals surface area contributed by atoms with E-state index in [2.05, 4.69) is 4.72 Å². The minimum absolute atomic E-state index is 0.157. The number of para-hydroxylation sites is 1. The molecule has 0 saturated carbocycles. The van der Waals surface area contributed by atoms with Crippen molar-refractivity contribution in [3.05, 3.63) is 54.1 Å². The second kappa shape index (κ2) is 4.85. The van der Waals surface area contributed by atoms with E-state index in [0.717, 1.165) is 18.2 Å². The van der Waals surface area contributed by atoms with Crippen molar-refractivity contribution in [2.45, 2.75) is 4.90 Å². The quantitative estimate of drug-likeness (QED) is 0.850. The molecule has 0 atom stereocenters. The summed E-state index contributed by atoms with van der Waals surface area (Å²) in [6.45, 7) is 0. The molecular formula is C12H10F2N2O2S. The zero-order valence-electron chi connectivity index (χ0n) is 9.60. The van der Waals surface area contributed by atoms with Gasteiger partial charge in [0, 0.05) is 5.69 Å². The van der Waals surface area contributed by atoms with Crippen molar-refractivity contribution in [1.82, 2.24) is 0 Å². The van der Waals surface area contributed by atoms with Gasteiger partial charge in [0.25, 0.3) is 10.0 Å². The summed E-state index contributed by atoms with van der Waals surface area (Å²) >= 11 is 0. The fourth-order valence-corrected chi connectivity index (χ4v) is 2.68. The van der Waals surface area contributed by atoms with Crippen LogP contribution in [0.25, 0.3) is 0 Å². The van der Waals surface area contributed by atoms with Crippen LogP contribution in [-0.4, -0.2) is 8.42 Å². The van der Waals surface area contributed by atoms with Crippen LogP contribution >= 0.6 is 0 Å². The molecule has 0 saturated heterocycles. The van der Waals surface area contributed by atoms with E-state index in [-0.39, 0.29) is 10.6 Å². The zero-order chi connectivity index (χ0) is 14.0. The van der Waals surface area contributed by atoms with E-state index in [1.165, 1.54) is 24.3 Å². The van der Waals surface area contributed by atoms with Gasteiger partial charge in [0.1, 0.15) is 16.5 Å². The number of nitrogens with two attached hydrogens (primary N) is 1. The van der Waals surface area contributed by atoms with Crippen LogP contribution in [0.3, 0.4) is 0 Å². The van der Waals surface area contributed by atoms with Crippen LogP contribution in [0.2, 0.25) is 0 Å². The average Bonchev–Trinajstić information content (AvgIpc) is 2.35. The Balaban J connectivity index is 2.38. The summed E-state index contributed by atoms with van der Waals surface area (Å²) in [5, 5.41) is 0. The minimum atomic E-state index is -4.02. The monoisotopic (exact) mass is 284 g/mol. The topological polar surface area (TPSA) is 72.2 Å². The van der Waals surface area contributed by atoms with Gasteiger partial charge in [-0.15, -0.1) is 0 Å². The first kappa shape index (κ1) is 13.3. The molecule has 3 N–H and O–H groups in total. The Hall–Kier alpha value is -2.15. The van der Waals surface area contributed by atoms with E-state index in [1.807, 2.05) is 0 Å². The molecule has 0 aliphatic carbocycles. The molecule has 2 rings (SSSR count). The van der Waals surface area contributed by atoms with Gasteiger partial charge in [-0.05, 0) is 36.4 Å². The predicted molar refractivity (Wildman–Crippen MR) is 68.0 cm³/mol. The first-order valence-corrected chi connectivity index (χ1v) is 6.71. The molecule has 0 aliphatic heterocycles. The molecule has 100 valence electrons. The van der Waals surface area contributed by atoms with Gasteiger partial charge >= 0.3 is 0 Å². The zero-order valence-corrected chi connectivity index (χ0v) is 10.4. The SMILES string of the molecule is Nc1c(F)cccc1S(=O)(=O)Nc1ccc(F)cc1. The molecule has 0 spiro atoms. The maximum atomic E-state index is 13.2. The number of halogens is 2. The molecule has 0 aliphatic rings. The first-order valence-electron chi connectivity index (χ1n) is 5.22. The van der Waals surface area contributed by atoms with Gasteiger partial charge in [-0.3, -0.25) is 4.72 Å². The normalized spacial score (nSPS) is 11.3. The number of nitrogens with one attached hydrogen (secondary N) is 1. The standard InChI is InChI=1S/C12H10F2N2O2S/c13-8-4-6-9(7-5-8)16-19(17,18)11-3-1-2-10(14)12(11)15/h1-7,16H,15H2. The van der Waals surface area contributed by atoms with E-state index in [0.29, 0.717) is 0 Å². The van der Waals surface area contributed by atoms with Crippen LogP contribution in [0.4, 0.5) is 20.2 Å². The number of rotatable bonds is 3. The maximum absolute atomic E-state index is 13.2. The molecule has 0 heterocycles. The van der Waals surface area contributed by atoms with Crippen LogP contribution in [0.5, 0.6) is 0 Å². The lowest BCUT2D eigenvalue weighted by Crippen LogP contribution is -2.15. The molecule has 4 nitrogen and oxygen atoms in total. The third kappa shape index (κ3) is 2.82. The van der Waals surface area contributed by atoms with Gasteiger partial charge in [-0.1, -0.05) is 6.07 Å². The Labute approximate surface area is 108 Å². The molecule has 0 unspecified atom stereocenters. The molecule has 0 amide bonds. The summed E-state index contributed by atoms with van der Waals surface area (Å²) in [5.74, 6) is -1.31. The fraction of sp³-hybridized carbons (Fsp3) is 0. The Morgan fingerprint density at radius 3 is 2.26 bits per heavy atom. The smallest absolute Gasteiger partial charge is 0.264 e. The van der Waals surface area contributed by atoms with Crippen LogP contribution in [-0.2, 0) is 10.0 Å². The molecule has 19 heavy (non-hydrogen) atoms. The molecule has 2 aromatic rings.